The number of hydrogen-bond acceptors (Lipinski definition) is 5. The van der Waals surface area contributed by atoms with E-state index in [1.165, 1.54) is 11.8 Å². The van der Waals surface area contributed by atoms with Crippen LogP contribution < -0.4 is 10.4 Å². The van der Waals surface area contributed by atoms with Crippen molar-refractivity contribution in [3.05, 3.63) is 64.5 Å². The van der Waals surface area contributed by atoms with E-state index in [4.69, 9.17) is 11.6 Å². The van der Waals surface area contributed by atoms with Gasteiger partial charge in [0.1, 0.15) is 10.7 Å². The SMILES string of the molecule is CC1=C(Cc2ccccc2Cl)CN(c2ccc(S(=O)(=O)N3CCCCC3)cn2)N1. The average Bonchev–Trinajstić information content (AvgIpc) is 3.11. The molecular formula is C21H25ClN4O2S. The number of halogens is 1. The molecule has 0 amide bonds. The first-order valence-electron chi connectivity index (χ1n) is 9.87. The molecule has 2 aliphatic rings. The Morgan fingerprint density at radius 2 is 1.86 bits per heavy atom. The minimum atomic E-state index is -3.46. The number of nitrogens with zero attached hydrogens (tertiary/aromatic N) is 3. The molecule has 2 aliphatic heterocycles. The van der Waals surface area contributed by atoms with Gasteiger partial charge in [-0.05, 0) is 55.5 Å². The lowest BCUT2D eigenvalue weighted by molar-refractivity contribution is 0.346. The summed E-state index contributed by atoms with van der Waals surface area (Å²) in [5.74, 6) is 0.691. The lowest BCUT2D eigenvalue weighted by Gasteiger charge is -2.26. The molecule has 1 N–H and O–H groups in total. The number of benzene rings is 1. The molecule has 0 atom stereocenters. The van der Waals surface area contributed by atoms with Crippen LogP contribution in [0.25, 0.3) is 0 Å². The number of pyridine rings is 1. The summed E-state index contributed by atoms with van der Waals surface area (Å²) >= 11 is 6.30. The largest absolute Gasteiger partial charge is 0.301 e. The van der Waals surface area contributed by atoms with Crippen molar-refractivity contribution in [2.75, 3.05) is 24.6 Å². The smallest absolute Gasteiger partial charge is 0.244 e. The summed E-state index contributed by atoms with van der Waals surface area (Å²) in [7, 11) is -3.46. The van der Waals surface area contributed by atoms with Gasteiger partial charge >= 0.3 is 0 Å². The predicted octanol–water partition coefficient (Wildman–Crippen LogP) is 3.75. The molecule has 29 heavy (non-hydrogen) atoms. The monoisotopic (exact) mass is 432 g/mol. The molecule has 0 unspecified atom stereocenters. The van der Waals surface area contributed by atoms with Gasteiger partial charge in [0.05, 0.1) is 6.54 Å². The molecule has 0 spiro atoms. The molecule has 1 aromatic carbocycles. The van der Waals surface area contributed by atoms with Crippen LogP contribution in [-0.4, -0.2) is 37.3 Å². The Balaban J connectivity index is 1.46. The van der Waals surface area contributed by atoms with E-state index >= 15 is 0 Å². The van der Waals surface area contributed by atoms with Crippen LogP contribution in [0.2, 0.25) is 5.02 Å². The molecule has 154 valence electrons. The van der Waals surface area contributed by atoms with Crippen molar-refractivity contribution in [1.82, 2.24) is 14.7 Å². The quantitative estimate of drug-likeness (QED) is 0.779. The van der Waals surface area contributed by atoms with Gasteiger partial charge in [-0.2, -0.15) is 4.31 Å². The van der Waals surface area contributed by atoms with Gasteiger partial charge in [-0.25, -0.2) is 13.4 Å². The summed E-state index contributed by atoms with van der Waals surface area (Å²) in [4.78, 5) is 4.67. The number of aromatic nitrogens is 1. The first-order chi connectivity index (χ1) is 13.9. The van der Waals surface area contributed by atoms with Gasteiger partial charge in [0.25, 0.3) is 0 Å². The van der Waals surface area contributed by atoms with E-state index in [0.717, 1.165) is 42.0 Å². The normalized spacial score (nSPS) is 18.2. The van der Waals surface area contributed by atoms with Crippen molar-refractivity contribution in [3.8, 4) is 0 Å². The second-order valence-electron chi connectivity index (χ2n) is 7.51. The summed E-state index contributed by atoms with van der Waals surface area (Å²) in [6.45, 7) is 3.88. The zero-order valence-electron chi connectivity index (χ0n) is 16.4. The number of rotatable bonds is 5. The highest BCUT2D eigenvalue weighted by Gasteiger charge is 2.27. The third-order valence-electron chi connectivity index (χ3n) is 5.49. The Labute approximate surface area is 177 Å². The minimum Gasteiger partial charge on any atom is -0.301 e. The fraction of sp³-hybridized carbons (Fsp3) is 0.381. The van der Waals surface area contributed by atoms with Crippen LogP contribution in [0, 0.1) is 0 Å². The molecule has 8 heteroatoms. The summed E-state index contributed by atoms with van der Waals surface area (Å²) in [5.41, 5.74) is 6.71. The molecule has 4 rings (SSSR count). The Bertz CT molecular complexity index is 1020. The van der Waals surface area contributed by atoms with Gasteiger partial charge in [0.2, 0.25) is 10.0 Å². The highest BCUT2D eigenvalue weighted by Crippen LogP contribution is 2.26. The molecule has 2 aromatic rings. The third kappa shape index (κ3) is 4.27. The summed E-state index contributed by atoms with van der Waals surface area (Å²) in [6.07, 6.45) is 5.15. The van der Waals surface area contributed by atoms with E-state index in [1.54, 1.807) is 16.4 Å². The molecule has 0 saturated carbocycles. The van der Waals surface area contributed by atoms with Crippen LogP contribution in [0.4, 0.5) is 5.82 Å². The van der Waals surface area contributed by atoms with E-state index < -0.39 is 10.0 Å². The fourth-order valence-electron chi connectivity index (χ4n) is 3.77. The molecule has 0 aliphatic carbocycles. The van der Waals surface area contributed by atoms with Crippen LogP contribution in [-0.2, 0) is 16.4 Å². The van der Waals surface area contributed by atoms with Gasteiger partial charge in [-0.3, -0.25) is 5.01 Å². The Morgan fingerprint density at radius 1 is 1.10 bits per heavy atom. The summed E-state index contributed by atoms with van der Waals surface area (Å²) in [5, 5.41) is 2.69. The van der Waals surface area contributed by atoms with Crippen molar-refractivity contribution in [2.45, 2.75) is 37.5 Å². The molecule has 0 radical (unpaired) electrons. The number of anilines is 1. The van der Waals surface area contributed by atoms with Gasteiger partial charge < -0.3 is 5.43 Å². The molecule has 0 bridgehead atoms. The molecule has 1 saturated heterocycles. The maximum Gasteiger partial charge on any atom is 0.244 e. The minimum absolute atomic E-state index is 0.253. The van der Waals surface area contributed by atoms with Crippen molar-refractivity contribution in [2.24, 2.45) is 0 Å². The second-order valence-corrected chi connectivity index (χ2v) is 9.86. The number of sulfonamides is 1. The Morgan fingerprint density at radius 3 is 2.55 bits per heavy atom. The van der Waals surface area contributed by atoms with Gasteiger partial charge in [0, 0.05) is 30.0 Å². The first kappa shape index (κ1) is 20.2. The van der Waals surface area contributed by atoms with Crippen LogP contribution in [0.5, 0.6) is 0 Å². The number of allylic oxidation sites excluding steroid dienone is 1. The number of hydrazine groups is 1. The standard InChI is InChI=1S/C21H25ClN4O2S/c1-16-18(13-17-7-3-4-8-20(17)22)15-26(24-16)21-10-9-19(14-23-21)29(27,28)25-11-5-2-6-12-25/h3-4,7-10,14,24H,2,5-6,11-13,15H2,1H3. The van der Waals surface area contributed by atoms with Crippen LogP contribution >= 0.6 is 11.6 Å². The van der Waals surface area contributed by atoms with Crippen molar-refractivity contribution < 1.29 is 8.42 Å². The highest BCUT2D eigenvalue weighted by atomic mass is 35.5. The molecule has 1 aromatic heterocycles. The van der Waals surface area contributed by atoms with Crippen molar-refractivity contribution in [1.29, 1.82) is 0 Å². The van der Waals surface area contributed by atoms with Gasteiger partial charge in [-0.15, -0.1) is 0 Å². The highest BCUT2D eigenvalue weighted by molar-refractivity contribution is 7.89. The molecule has 1 fully saturated rings. The van der Waals surface area contributed by atoms with E-state index in [-0.39, 0.29) is 4.90 Å². The second kappa shape index (κ2) is 8.34. The van der Waals surface area contributed by atoms with Gasteiger partial charge in [-0.1, -0.05) is 36.2 Å². The summed E-state index contributed by atoms with van der Waals surface area (Å²) < 4.78 is 27.2. The van der Waals surface area contributed by atoms with Crippen LogP contribution in [0.3, 0.4) is 0 Å². The van der Waals surface area contributed by atoms with Gasteiger partial charge in [0.15, 0.2) is 0 Å². The third-order valence-corrected chi connectivity index (χ3v) is 7.74. The van der Waals surface area contributed by atoms with E-state index in [2.05, 4.69) is 10.4 Å². The fourth-order valence-corrected chi connectivity index (χ4v) is 5.43. The number of nitrogens with one attached hydrogen (secondary N) is 1. The van der Waals surface area contributed by atoms with Crippen LogP contribution in [0.15, 0.2) is 58.8 Å². The van der Waals surface area contributed by atoms with E-state index in [0.29, 0.717) is 25.5 Å². The Kier molecular flexibility index (Phi) is 5.81. The van der Waals surface area contributed by atoms with Crippen molar-refractivity contribution >= 4 is 27.4 Å². The maximum atomic E-state index is 12.8. The Hall–Kier alpha value is -2.09. The van der Waals surface area contributed by atoms with E-state index in [9.17, 15) is 8.42 Å². The lowest BCUT2D eigenvalue weighted by atomic mass is 10.0. The predicted molar refractivity (Wildman–Crippen MR) is 115 cm³/mol. The summed E-state index contributed by atoms with van der Waals surface area (Å²) in [6, 6.07) is 11.3. The first-order valence-corrected chi connectivity index (χ1v) is 11.7. The van der Waals surface area contributed by atoms with Crippen molar-refractivity contribution in [3.63, 3.8) is 0 Å². The topological polar surface area (TPSA) is 65.5 Å². The number of piperidine rings is 1. The lowest BCUT2D eigenvalue weighted by Crippen LogP contribution is -2.36. The zero-order chi connectivity index (χ0) is 20.4. The molecular weight excluding hydrogens is 408 g/mol. The maximum absolute atomic E-state index is 12.8. The van der Waals surface area contributed by atoms with E-state index in [1.807, 2.05) is 36.2 Å². The zero-order valence-corrected chi connectivity index (χ0v) is 18.0. The average molecular weight is 433 g/mol. The molecule has 3 heterocycles. The number of hydrogen-bond donors (Lipinski definition) is 1. The van der Waals surface area contributed by atoms with Crippen LogP contribution in [0.1, 0.15) is 31.7 Å². The molecule has 6 nitrogen and oxygen atoms in total.